The second-order valence-electron chi connectivity index (χ2n) is 3.77. The first-order valence-electron chi connectivity index (χ1n) is 5.50. The zero-order valence-electron chi connectivity index (χ0n) is 9.45. The summed E-state index contributed by atoms with van der Waals surface area (Å²) in [4.78, 5) is 8.55. The average Bonchev–Trinajstić information content (AvgIpc) is 2.41. The lowest BCUT2D eigenvalue weighted by Gasteiger charge is -2.06. The molecule has 0 spiro atoms. The van der Waals surface area contributed by atoms with Crippen LogP contribution in [0.5, 0.6) is 17.4 Å². The zero-order valence-corrected chi connectivity index (χ0v) is 9.45. The summed E-state index contributed by atoms with van der Waals surface area (Å²) in [5.41, 5.74) is 1.56. The zero-order chi connectivity index (χ0) is 12.4. The van der Waals surface area contributed by atoms with E-state index in [4.69, 9.17) is 4.74 Å². The molecule has 0 aliphatic rings. The number of aromatic nitrogens is 2. The van der Waals surface area contributed by atoms with Gasteiger partial charge in [-0.3, -0.25) is 0 Å². The van der Waals surface area contributed by atoms with Crippen molar-refractivity contribution < 1.29 is 9.84 Å². The van der Waals surface area contributed by atoms with E-state index in [1.807, 2.05) is 24.3 Å². The van der Waals surface area contributed by atoms with Crippen LogP contribution in [0.15, 0.2) is 54.7 Å². The molecule has 0 unspecified atom stereocenters. The van der Waals surface area contributed by atoms with Gasteiger partial charge in [0, 0.05) is 0 Å². The molecule has 0 atom stereocenters. The van der Waals surface area contributed by atoms with Crippen LogP contribution in [0.3, 0.4) is 0 Å². The molecule has 3 aromatic rings. The predicted octanol–water partition coefficient (Wildman–Crippen LogP) is 3.13. The fourth-order valence-electron chi connectivity index (χ4n) is 1.65. The highest BCUT2D eigenvalue weighted by Gasteiger charge is 2.05. The van der Waals surface area contributed by atoms with E-state index in [1.54, 1.807) is 24.3 Å². The Kier molecular flexibility index (Phi) is 2.53. The number of hydrogen-bond donors (Lipinski definition) is 1. The highest BCUT2D eigenvalue weighted by atomic mass is 16.5. The van der Waals surface area contributed by atoms with Crippen LogP contribution in [0.4, 0.5) is 0 Å². The summed E-state index contributed by atoms with van der Waals surface area (Å²) in [6, 6.07) is 14.3. The number of rotatable bonds is 2. The first-order valence-corrected chi connectivity index (χ1v) is 5.50. The quantitative estimate of drug-likeness (QED) is 0.745. The van der Waals surface area contributed by atoms with Crippen LogP contribution in [0.25, 0.3) is 11.0 Å². The SMILES string of the molecule is Oc1ccccc1Oc1cnc2ccccc2n1. The molecular weight excluding hydrogens is 228 g/mol. The Balaban J connectivity index is 1.98. The number of benzene rings is 2. The standard InChI is InChI=1S/C14H10N2O2/c17-12-7-3-4-8-13(12)18-14-9-15-10-5-1-2-6-11(10)16-14/h1-9,17H. The molecule has 0 saturated carbocycles. The van der Waals surface area contributed by atoms with Crippen LogP contribution in [0.2, 0.25) is 0 Å². The number of fused-ring (bicyclic) bond motifs is 1. The van der Waals surface area contributed by atoms with Gasteiger partial charge < -0.3 is 9.84 Å². The Morgan fingerprint density at radius 1 is 0.889 bits per heavy atom. The van der Waals surface area contributed by atoms with Crippen molar-refractivity contribution in [2.45, 2.75) is 0 Å². The van der Waals surface area contributed by atoms with Gasteiger partial charge in [-0.15, -0.1) is 0 Å². The summed E-state index contributed by atoms with van der Waals surface area (Å²) in [5.74, 6) is 0.796. The van der Waals surface area contributed by atoms with Gasteiger partial charge in [-0.1, -0.05) is 24.3 Å². The lowest BCUT2D eigenvalue weighted by molar-refractivity contribution is 0.402. The minimum atomic E-state index is 0.0764. The maximum atomic E-state index is 9.61. The molecule has 2 aromatic carbocycles. The number of phenols is 1. The minimum absolute atomic E-state index is 0.0764. The molecule has 0 aliphatic carbocycles. The Hall–Kier alpha value is -2.62. The lowest BCUT2D eigenvalue weighted by atomic mass is 10.3. The van der Waals surface area contributed by atoms with Gasteiger partial charge in [0.05, 0.1) is 17.2 Å². The second-order valence-corrected chi connectivity index (χ2v) is 3.77. The smallest absolute Gasteiger partial charge is 0.238 e. The van der Waals surface area contributed by atoms with Crippen molar-refractivity contribution in [1.82, 2.24) is 9.97 Å². The molecule has 4 nitrogen and oxygen atoms in total. The van der Waals surface area contributed by atoms with Crippen molar-refractivity contribution in [3.8, 4) is 17.4 Å². The molecule has 0 radical (unpaired) electrons. The van der Waals surface area contributed by atoms with Gasteiger partial charge in [-0.05, 0) is 24.3 Å². The maximum Gasteiger partial charge on any atom is 0.238 e. The summed E-state index contributed by atoms with van der Waals surface area (Å²) in [6.07, 6.45) is 1.54. The highest BCUT2D eigenvalue weighted by molar-refractivity contribution is 5.74. The van der Waals surface area contributed by atoms with Gasteiger partial charge in [-0.25, -0.2) is 9.97 Å². The van der Waals surface area contributed by atoms with Crippen molar-refractivity contribution in [3.05, 3.63) is 54.7 Å². The Bertz CT molecular complexity index is 698. The summed E-state index contributed by atoms with van der Waals surface area (Å²) in [6.45, 7) is 0. The number of nitrogens with zero attached hydrogens (tertiary/aromatic N) is 2. The van der Waals surface area contributed by atoms with Gasteiger partial charge in [0.2, 0.25) is 5.88 Å². The fourth-order valence-corrected chi connectivity index (χ4v) is 1.65. The Morgan fingerprint density at radius 2 is 1.61 bits per heavy atom. The molecule has 0 bridgehead atoms. The molecule has 0 fully saturated rings. The fraction of sp³-hybridized carbons (Fsp3) is 0. The topological polar surface area (TPSA) is 55.2 Å². The van der Waals surface area contributed by atoms with Crippen LogP contribution in [-0.4, -0.2) is 15.1 Å². The summed E-state index contributed by atoms with van der Waals surface area (Å²) >= 11 is 0. The Labute approximate surface area is 104 Å². The van der Waals surface area contributed by atoms with Gasteiger partial charge in [0.15, 0.2) is 11.5 Å². The van der Waals surface area contributed by atoms with Crippen molar-refractivity contribution in [2.24, 2.45) is 0 Å². The molecule has 1 aromatic heterocycles. The Morgan fingerprint density at radius 3 is 2.44 bits per heavy atom. The molecule has 0 amide bonds. The molecule has 3 rings (SSSR count). The van der Waals surface area contributed by atoms with Crippen LogP contribution in [-0.2, 0) is 0 Å². The average molecular weight is 238 g/mol. The van der Waals surface area contributed by atoms with Crippen LogP contribution in [0.1, 0.15) is 0 Å². The van der Waals surface area contributed by atoms with E-state index >= 15 is 0 Å². The first-order chi connectivity index (χ1) is 8.83. The lowest BCUT2D eigenvalue weighted by Crippen LogP contribution is -1.90. The molecule has 88 valence electrons. The maximum absolute atomic E-state index is 9.61. The molecular formula is C14H10N2O2. The number of aromatic hydroxyl groups is 1. The third kappa shape index (κ3) is 1.96. The third-order valence-corrected chi connectivity index (χ3v) is 2.51. The van der Waals surface area contributed by atoms with E-state index in [0.29, 0.717) is 11.6 Å². The summed E-state index contributed by atoms with van der Waals surface area (Å²) < 4.78 is 5.49. The van der Waals surface area contributed by atoms with Gasteiger partial charge in [0.25, 0.3) is 0 Å². The van der Waals surface area contributed by atoms with Crippen LogP contribution < -0.4 is 4.74 Å². The minimum Gasteiger partial charge on any atom is -0.504 e. The van der Waals surface area contributed by atoms with Crippen LogP contribution in [0, 0.1) is 0 Å². The van der Waals surface area contributed by atoms with Gasteiger partial charge >= 0.3 is 0 Å². The molecule has 0 saturated heterocycles. The largest absolute Gasteiger partial charge is 0.504 e. The van der Waals surface area contributed by atoms with E-state index in [2.05, 4.69) is 9.97 Å². The number of phenolic OH excluding ortho intramolecular Hbond substituents is 1. The molecule has 18 heavy (non-hydrogen) atoms. The van der Waals surface area contributed by atoms with E-state index in [1.165, 1.54) is 6.20 Å². The van der Waals surface area contributed by atoms with Crippen molar-refractivity contribution in [2.75, 3.05) is 0 Å². The third-order valence-electron chi connectivity index (χ3n) is 2.51. The van der Waals surface area contributed by atoms with Gasteiger partial charge in [-0.2, -0.15) is 0 Å². The first kappa shape index (κ1) is 10.5. The van der Waals surface area contributed by atoms with Crippen molar-refractivity contribution in [1.29, 1.82) is 0 Å². The normalized spacial score (nSPS) is 10.4. The second kappa shape index (κ2) is 4.33. The van der Waals surface area contributed by atoms with E-state index in [-0.39, 0.29) is 5.75 Å². The van der Waals surface area contributed by atoms with Crippen molar-refractivity contribution in [3.63, 3.8) is 0 Å². The number of ether oxygens (including phenoxy) is 1. The summed E-state index contributed by atoms with van der Waals surface area (Å²) in [7, 11) is 0. The molecule has 1 heterocycles. The molecule has 1 N–H and O–H groups in total. The van der Waals surface area contributed by atoms with Crippen LogP contribution >= 0.6 is 0 Å². The predicted molar refractivity (Wildman–Crippen MR) is 67.7 cm³/mol. The number of para-hydroxylation sites is 4. The molecule has 4 heteroatoms. The highest BCUT2D eigenvalue weighted by Crippen LogP contribution is 2.29. The van der Waals surface area contributed by atoms with Crippen molar-refractivity contribution >= 4 is 11.0 Å². The van der Waals surface area contributed by atoms with E-state index in [0.717, 1.165) is 11.0 Å². The summed E-state index contributed by atoms with van der Waals surface area (Å²) in [5, 5.41) is 9.61. The van der Waals surface area contributed by atoms with Gasteiger partial charge in [0.1, 0.15) is 0 Å². The number of hydrogen-bond acceptors (Lipinski definition) is 4. The van der Waals surface area contributed by atoms with E-state index in [9.17, 15) is 5.11 Å². The monoisotopic (exact) mass is 238 g/mol. The van der Waals surface area contributed by atoms with E-state index < -0.39 is 0 Å². The molecule has 0 aliphatic heterocycles.